The molecule has 0 saturated heterocycles. The van der Waals surface area contributed by atoms with Gasteiger partial charge in [0, 0.05) is 23.7 Å². The van der Waals surface area contributed by atoms with Gasteiger partial charge in [-0.15, -0.1) is 22.9 Å². The van der Waals surface area contributed by atoms with Gasteiger partial charge in [-0.2, -0.15) is 0 Å². The minimum absolute atomic E-state index is 0.250. The molecule has 0 atom stereocenters. The van der Waals surface area contributed by atoms with Gasteiger partial charge in [0.05, 0.1) is 15.4 Å². The molecule has 0 spiro atoms. The monoisotopic (exact) mass is 342 g/mol. The highest BCUT2D eigenvalue weighted by Crippen LogP contribution is 2.24. The number of thiophene rings is 1. The van der Waals surface area contributed by atoms with E-state index in [4.69, 9.17) is 23.2 Å². The van der Waals surface area contributed by atoms with Gasteiger partial charge >= 0.3 is 0 Å². The summed E-state index contributed by atoms with van der Waals surface area (Å²) in [6.07, 6.45) is 1.51. The zero-order chi connectivity index (χ0) is 14.8. The lowest BCUT2D eigenvalue weighted by atomic mass is 10.3. The van der Waals surface area contributed by atoms with Crippen LogP contribution in [0.3, 0.4) is 0 Å². The molecule has 0 bridgehead atoms. The third-order valence-electron chi connectivity index (χ3n) is 3.32. The number of hydrogen-bond acceptors (Lipinski definition) is 2. The predicted octanol–water partition coefficient (Wildman–Crippen LogP) is 4.91. The summed E-state index contributed by atoms with van der Waals surface area (Å²) in [6.45, 7) is 0.739. The van der Waals surface area contributed by atoms with Crippen LogP contribution in [0.2, 0.25) is 4.34 Å². The van der Waals surface area contributed by atoms with Crippen molar-refractivity contribution in [3.63, 3.8) is 0 Å². The maximum Gasteiger partial charge on any atom is 0.125 e. The molecule has 2 nitrogen and oxygen atoms in total. The second-order valence-corrected chi connectivity index (χ2v) is 6.89. The van der Waals surface area contributed by atoms with E-state index in [1.807, 2.05) is 12.1 Å². The maximum atomic E-state index is 13.5. The average Bonchev–Trinajstić information content (AvgIpc) is 3.01. The molecule has 0 amide bonds. The van der Waals surface area contributed by atoms with Crippen LogP contribution in [0.15, 0.2) is 30.3 Å². The van der Waals surface area contributed by atoms with Crippen LogP contribution >= 0.6 is 34.5 Å². The number of halogens is 3. The summed E-state index contributed by atoms with van der Waals surface area (Å²) in [5.41, 5.74) is 1.62. The first-order valence-electron chi connectivity index (χ1n) is 6.62. The molecular weight excluding hydrogens is 330 g/mol. The van der Waals surface area contributed by atoms with Crippen molar-refractivity contribution >= 4 is 45.6 Å². The van der Waals surface area contributed by atoms with E-state index in [0.717, 1.165) is 34.2 Å². The molecule has 0 radical (unpaired) electrons. The molecule has 110 valence electrons. The Labute approximate surface area is 136 Å². The highest BCUT2D eigenvalue weighted by molar-refractivity contribution is 7.16. The second-order valence-electron chi connectivity index (χ2n) is 4.71. The number of rotatable bonds is 5. The zero-order valence-electron chi connectivity index (χ0n) is 11.2. The fraction of sp³-hybridized carbons (Fsp3) is 0.267. The average molecular weight is 343 g/mol. The fourth-order valence-electron chi connectivity index (χ4n) is 2.38. The topological polar surface area (TPSA) is 17.8 Å². The lowest BCUT2D eigenvalue weighted by Crippen LogP contribution is -2.06. The SMILES string of the molecule is Fc1ccc2nc(CCCl)n(CCc3ccc(Cl)s3)c2c1. The first-order chi connectivity index (χ1) is 10.2. The van der Waals surface area contributed by atoms with Crippen molar-refractivity contribution in [1.29, 1.82) is 0 Å². The number of fused-ring (bicyclic) bond motifs is 1. The fourth-order valence-corrected chi connectivity index (χ4v) is 3.62. The van der Waals surface area contributed by atoms with Crippen molar-refractivity contribution in [2.24, 2.45) is 0 Å². The summed E-state index contributed by atoms with van der Waals surface area (Å²) >= 11 is 13.4. The summed E-state index contributed by atoms with van der Waals surface area (Å²) in [7, 11) is 0. The second kappa shape index (κ2) is 6.34. The van der Waals surface area contributed by atoms with Gasteiger partial charge in [-0.3, -0.25) is 0 Å². The molecule has 0 unspecified atom stereocenters. The molecule has 1 aromatic carbocycles. The van der Waals surface area contributed by atoms with Crippen molar-refractivity contribution in [2.75, 3.05) is 5.88 Å². The highest BCUT2D eigenvalue weighted by atomic mass is 35.5. The summed E-state index contributed by atoms with van der Waals surface area (Å²) in [5.74, 6) is 1.14. The largest absolute Gasteiger partial charge is 0.328 e. The van der Waals surface area contributed by atoms with Crippen molar-refractivity contribution in [3.05, 3.63) is 51.2 Å². The van der Waals surface area contributed by atoms with Gasteiger partial charge in [0.25, 0.3) is 0 Å². The standard InChI is InChI=1S/C15H13Cl2FN2S/c16-7-5-15-19-12-3-1-10(18)9-13(12)20(15)8-6-11-2-4-14(17)21-11/h1-4,9H,5-8H2. The molecule has 0 aliphatic heterocycles. The normalized spacial score (nSPS) is 11.4. The Kier molecular flexibility index (Phi) is 4.48. The van der Waals surface area contributed by atoms with E-state index in [0.29, 0.717) is 12.3 Å². The molecule has 2 aromatic heterocycles. The summed E-state index contributed by atoms with van der Waals surface area (Å²) in [6, 6.07) is 8.59. The number of alkyl halides is 1. The number of imidazole rings is 1. The van der Waals surface area contributed by atoms with Gasteiger partial charge in [0.15, 0.2) is 0 Å². The molecule has 3 rings (SSSR count). The summed E-state index contributed by atoms with van der Waals surface area (Å²) in [5, 5.41) is 0. The van der Waals surface area contributed by atoms with Crippen LogP contribution in [0.4, 0.5) is 4.39 Å². The Morgan fingerprint density at radius 2 is 2.05 bits per heavy atom. The maximum absolute atomic E-state index is 13.5. The summed E-state index contributed by atoms with van der Waals surface area (Å²) in [4.78, 5) is 5.75. The molecule has 0 aliphatic carbocycles. The molecule has 0 aliphatic rings. The molecule has 0 N–H and O–H groups in total. The molecular formula is C15H13Cl2FN2S. The zero-order valence-corrected chi connectivity index (χ0v) is 13.5. The number of hydrogen-bond donors (Lipinski definition) is 0. The quantitative estimate of drug-likeness (QED) is 0.602. The highest BCUT2D eigenvalue weighted by Gasteiger charge is 2.11. The molecule has 21 heavy (non-hydrogen) atoms. The third-order valence-corrected chi connectivity index (χ3v) is 4.80. The molecule has 3 aromatic rings. The van der Waals surface area contributed by atoms with Gasteiger partial charge in [0.2, 0.25) is 0 Å². The van der Waals surface area contributed by atoms with Crippen LogP contribution in [0.5, 0.6) is 0 Å². The van der Waals surface area contributed by atoms with Crippen LogP contribution in [-0.4, -0.2) is 15.4 Å². The Morgan fingerprint density at radius 1 is 1.19 bits per heavy atom. The van der Waals surface area contributed by atoms with Crippen molar-refractivity contribution in [2.45, 2.75) is 19.4 Å². The van der Waals surface area contributed by atoms with E-state index >= 15 is 0 Å². The molecule has 6 heteroatoms. The van der Waals surface area contributed by atoms with E-state index < -0.39 is 0 Å². The lowest BCUT2D eigenvalue weighted by Gasteiger charge is -2.07. The number of aromatic nitrogens is 2. The minimum Gasteiger partial charge on any atom is -0.328 e. The number of benzene rings is 1. The number of nitrogens with zero attached hydrogens (tertiary/aromatic N) is 2. The van der Waals surface area contributed by atoms with E-state index in [1.165, 1.54) is 17.0 Å². The van der Waals surface area contributed by atoms with Gasteiger partial charge in [-0.1, -0.05) is 11.6 Å². The predicted molar refractivity (Wildman–Crippen MR) is 87.1 cm³/mol. The minimum atomic E-state index is -0.250. The molecule has 2 heterocycles. The number of aryl methyl sites for hydroxylation is 3. The molecule has 0 saturated carbocycles. The van der Waals surface area contributed by atoms with Gasteiger partial charge in [0.1, 0.15) is 11.6 Å². The molecule has 0 fully saturated rings. The van der Waals surface area contributed by atoms with E-state index in [1.54, 1.807) is 17.4 Å². The van der Waals surface area contributed by atoms with Crippen molar-refractivity contribution in [1.82, 2.24) is 9.55 Å². The van der Waals surface area contributed by atoms with Crippen LogP contribution in [0.25, 0.3) is 11.0 Å². The lowest BCUT2D eigenvalue weighted by molar-refractivity contribution is 0.626. The van der Waals surface area contributed by atoms with Crippen LogP contribution < -0.4 is 0 Å². The van der Waals surface area contributed by atoms with E-state index in [9.17, 15) is 4.39 Å². The first-order valence-corrected chi connectivity index (χ1v) is 8.35. The van der Waals surface area contributed by atoms with Crippen LogP contribution in [0.1, 0.15) is 10.7 Å². The van der Waals surface area contributed by atoms with Gasteiger partial charge < -0.3 is 4.57 Å². The third kappa shape index (κ3) is 3.23. The summed E-state index contributed by atoms with van der Waals surface area (Å²) < 4.78 is 16.3. The smallest absolute Gasteiger partial charge is 0.125 e. The Morgan fingerprint density at radius 3 is 2.76 bits per heavy atom. The van der Waals surface area contributed by atoms with Gasteiger partial charge in [-0.05, 0) is 36.8 Å². The Balaban J connectivity index is 1.94. The van der Waals surface area contributed by atoms with Crippen molar-refractivity contribution < 1.29 is 4.39 Å². The van der Waals surface area contributed by atoms with E-state index in [2.05, 4.69) is 9.55 Å². The Hall–Kier alpha value is -1.10. The van der Waals surface area contributed by atoms with E-state index in [-0.39, 0.29) is 5.82 Å². The van der Waals surface area contributed by atoms with Gasteiger partial charge in [-0.25, -0.2) is 9.37 Å². The Bertz CT molecular complexity index is 766. The van der Waals surface area contributed by atoms with Crippen LogP contribution in [0, 0.1) is 5.82 Å². The van der Waals surface area contributed by atoms with Crippen LogP contribution in [-0.2, 0) is 19.4 Å². The first kappa shape index (κ1) is 14.8. The van der Waals surface area contributed by atoms with Crippen molar-refractivity contribution in [3.8, 4) is 0 Å².